The van der Waals surface area contributed by atoms with E-state index < -0.39 is 10.0 Å². The van der Waals surface area contributed by atoms with Gasteiger partial charge < -0.3 is 19.5 Å². The van der Waals surface area contributed by atoms with E-state index in [1.807, 2.05) is 6.92 Å². The Bertz CT molecular complexity index is 936. The monoisotopic (exact) mass is 421 g/mol. The molecular formula is C19H27N5O4S. The van der Waals surface area contributed by atoms with Crippen LogP contribution in [0.1, 0.15) is 19.2 Å². The highest BCUT2D eigenvalue weighted by molar-refractivity contribution is 7.89. The van der Waals surface area contributed by atoms with Gasteiger partial charge in [0.1, 0.15) is 11.6 Å². The van der Waals surface area contributed by atoms with Gasteiger partial charge in [0.2, 0.25) is 0 Å². The van der Waals surface area contributed by atoms with Crippen molar-refractivity contribution in [2.45, 2.75) is 25.3 Å². The Hall–Kier alpha value is -2.59. The summed E-state index contributed by atoms with van der Waals surface area (Å²) in [6.07, 6.45) is 2.08. The highest BCUT2D eigenvalue weighted by Gasteiger charge is 2.30. The molecule has 0 atom stereocenters. The molecule has 2 heterocycles. The second kappa shape index (κ2) is 8.83. The number of urea groups is 1. The van der Waals surface area contributed by atoms with Gasteiger partial charge >= 0.3 is 6.03 Å². The largest absolute Gasteiger partial charge is 0.494 e. The summed E-state index contributed by atoms with van der Waals surface area (Å²) < 4.78 is 34.2. The smallest absolute Gasteiger partial charge is 0.321 e. The molecule has 0 radical (unpaired) electrons. The predicted molar refractivity (Wildman–Crippen MR) is 110 cm³/mol. The lowest BCUT2D eigenvalue weighted by atomic mass is 10.3. The first-order valence-corrected chi connectivity index (χ1v) is 11.0. The first-order chi connectivity index (χ1) is 13.8. The summed E-state index contributed by atoms with van der Waals surface area (Å²) in [5, 5.41) is 2.90. The number of carbonyl (C=O) groups is 1. The lowest BCUT2D eigenvalue weighted by Gasteiger charge is -2.22. The van der Waals surface area contributed by atoms with Gasteiger partial charge in [0, 0.05) is 45.1 Å². The fourth-order valence-electron chi connectivity index (χ4n) is 3.12. The van der Waals surface area contributed by atoms with Crippen molar-refractivity contribution >= 4 is 21.7 Å². The minimum atomic E-state index is -3.68. The van der Waals surface area contributed by atoms with Crippen LogP contribution >= 0.6 is 0 Å². The zero-order chi connectivity index (χ0) is 21.0. The first kappa shape index (κ1) is 21.1. The molecule has 9 nitrogen and oxygen atoms in total. The van der Waals surface area contributed by atoms with Crippen molar-refractivity contribution in [3.05, 3.63) is 36.3 Å². The van der Waals surface area contributed by atoms with E-state index >= 15 is 0 Å². The molecule has 29 heavy (non-hydrogen) atoms. The lowest BCUT2D eigenvalue weighted by molar-refractivity contribution is 0.214. The quantitative estimate of drug-likeness (QED) is 0.797. The molecule has 1 saturated heterocycles. The molecular weight excluding hydrogens is 394 g/mol. The Kier molecular flexibility index (Phi) is 6.43. The Morgan fingerprint density at radius 2 is 1.90 bits per heavy atom. The van der Waals surface area contributed by atoms with Crippen molar-refractivity contribution in [1.29, 1.82) is 0 Å². The van der Waals surface area contributed by atoms with E-state index in [2.05, 4.69) is 10.3 Å². The standard InChI is InChI=1S/C19H27N5O4S/c1-4-28-17-8-6-16(7-9-17)21-19(25)23-10-5-11-24(13-12-23)29(26,27)18-14-22(3)15(2)20-18/h6-9,14H,4-5,10-13H2,1-3H3,(H,21,25). The van der Waals surface area contributed by atoms with Gasteiger partial charge in [0.15, 0.2) is 5.03 Å². The molecule has 1 aliphatic rings. The number of aromatic nitrogens is 2. The van der Waals surface area contributed by atoms with Crippen molar-refractivity contribution < 1.29 is 17.9 Å². The van der Waals surface area contributed by atoms with E-state index in [4.69, 9.17) is 4.74 Å². The van der Waals surface area contributed by atoms with Crippen LogP contribution in [-0.2, 0) is 17.1 Å². The number of hydrogen-bond donors (Lipinski definition) is 1. The number of nitrogens with one attached hydrogen (secondary N) is 1. The van der Waals surface area contributed by atoms with Crippen LogP contribution in [0, 0.1) is 6.92 Å². The second-order valence-corrected chi connectivity index (χ2v) is 8.75. The zero-order valence-corrected chi connectivity index (χ0v) is 17.8. The van der Waals surface area contributed by atoms with E-state index in [1.54, 1.807) is 47.7 Å². The highest BCUT2D eigenvalue weighted by atomic mass is 32.2. The maximum atomic E-state index is 12.9. The molecule has 1 fully saturated rings. The lowest BCUT2D eigenvalue weighted by Crippen LogP contribution is -2.39. The van der Waals surface area contributed by atoms with Crippen molar-refractivity contribution in [3.8, 4) is 5.75 Å². The number of carbonyl (C=O) groups excluding carboxylic acids is 1. The fraction of sp³-hybridized carbons (Fsp3) is 0.474. The van der Waals surface area contributed by atoms with Gasteiger partial charge in [-0.05, 0) is 44.5 Å². The van der Waals surface area contributed by atoms with Crippen LogP contribution in [0.15, 0.2) is 35.5 Å². The molecule has 10 heteroatoms. The third-order valence-corrected chi connectivity index (χ3v) is 6.62. The molecule has 2 aromatic rings. The molecule has 3 rings (SSSR count). The molecule has 0 bridgehead atoms. The number of imidazole rings is 1. The molecule has 0 saturated carbocycles. The second-order valence-electron chi connectivity index (χ2n) is 6.87. The van der Waals surface area contributed by atoms with E-state index in [0.717, 1.165) is 5.75 Å². The third-order valence-electron chi connectivity index (χ3n) is 4.85. The van der Waals surface area contributed by atoms with Crippen molar-refractivity contribution in [2.24, 2.45) is 7.05 Å². The van der Waals surface area contributed by atoms with E-state index in [1.165, 1.54) is 10.5 Å². The summed E-state index contributed by atoms with van der Waals surface area (Å²) in [5.41, 5.74) is 0.663. The van der Waals surface area contributed by atoms with Crippen LogP contribution in [0.2, 0.25) is 0 Å². The number of rotatable bonds is 5. The van der Waals surface area contributed by atoms with Crippen LogP contribution in [0.5, 0.6) is 5.75 Å². The van der Waals surface area contributed by atoms with Gasteiger partial charge in [-0.25, -0.2) is 18.2 Å². The van der Waals surface area contributed by atoms with Gasteiger partial charge in [-0.3, -0.25) is 0 Å². The summed E-state index contributed by atoms with van der Waals surface area (Å²) in [6, 6.07) is 6.90. The van der Waals surface area contributed by atoms with Gasteiger partial charge in [0.25, 0.3) is 10.0 Å². The summed E-state index contributed by atoms with van der Waals surface area (Å²) in [6.45, 7) is 5.63. The minimum Gasteiger partial charge on any atom is -0.494 e. The summed E-state index contributed by atoms with van der Waals surface area (Å²) >= 11 is 0. The number of nitrogens with zero attached hydrogens (tertiary/aromatic N) is 4. The molecule has 0 spiro atoms. The number of anilines is 1. The minimum absolute atomic E-state index is 0.0461. The fourth-order valence-corrected chi connectivity index (χ4v) is 4.62. The van der Waals surface area contributed by atoms with Crippen molar-refractivity contribution in [3.63, 3.8) is 0 Å². The van der Waals surface area contributed by atoms with Crippen molar-refractivity contribution in [1.82, 2.24) is 18.8 Å². The Balaban J connectivity index is 1.62. The molecule has 158 valence electrons. The summed E-state index contributed by atoms with van der Waals surface area (Å²) in [4.78, 5) is 18.4. The zero-order valence-electron chi connectivity index (χ0n) is 17.0. The summed E-state index contributed by atoms with van der Waals surface area (Å²) in [7, 11) is -1.92. The highest BCUT2D eigenvalue weighted by Crippen LogP contribution is 2.19. The van der Waals surface area contributed by atoms with Gasteiger partial charge in [-0.15, -0.1) is 0 Å². The normalized spacial score (nSPS) is 15.8. The number of ether oxygens (including phenoxy) is 1. The van der Waals surface area contributed by atoms with E-state index in [9.17, 15) is 13.2 Å². The SMILES string of the molecule is CCOc1ccc(NC(=O)N2CCCN(S(=O)(=O)c3cn(C)c(C)n3)CC2)cc1. The molecule has 0 unspecified atom stereocenters. The molecule has 1 aromatic heterocycles. The number of benzene rings is 1. The Labute approximate surface area is 171 Å². The number of hydrogen-bond acceptors (Lipinski definition) is 5. The predicted octanol–water partition coefficient (Wildman–Crippen LogP) is 2.06. The van der Waals surface area contributed by atoms with Gasteiger partial charge in [0.05, 0.1) is 6.61 Å². The van der Waals surface area contributed by atoms with Crippen molar-refractivity contribution in [2.75, 3.05) is 38.1 Å². The van der Waals surface area contributed by atoms with Crippen LogP contribution < -0.4 is 10.1 Å². The maximum absolute atomic E-state index is 12.9. The summed E-state index contributed by atoms with van der Waals surface area (Å²) in [5.74, 6) is 1.38. The molecule has 1 aromatic carbocycles. The van der Waals surface area contributed by atoms with Gasteiger partial charge in [-0.1, -0.05) is 0 Å². The number of amides is 2. The van der Waals surface area contributed by atoms with E-state index in [0.29, 0.717) is 44.2 Å². The Morgan fingerprint density at radius 1 is 1.17 bits per heavy atom. The van der Waals surface area contributed by atoms with Crippen LogP contribution in [0.4, 0.5) is 10.5 Å². The van der Waals surface area contributed by atoms with E-state index in [-0.39, 0.29) is 17.6 Å². The maximum Gasteiger partial charge on any atom is 0.321 e. The Morgan fingerprint density at radius 3 is 2.52 bits per heavy atom. The average molecular weight is 422 g/mol. The number of sulfonamides is 1. The van der Waals surface area contributed by atoms with Gasteiger partial charge in [-0.2, -0.15) is 4.31 Å². The topological polar surface area (TPSA) is 96.8 Å². The van der Waals surface area contributed by atoms with Crippen LogP contribution in [-0.4, -0.2) is 66.0 Å². The molecule has 1 aliphatic heterocycles. The third kappa shape index (κ3) is 4.88. The first-order valence-electron chi connectivity index (χ1n) is 9.60. The number of aryl methyl sites for hydroxylation is 2. The van der Waals surface area contributed by atoms with Crippen LogP contribution in [0.25, 0.3) is 0 Å². The average Bonchev–Trinajstić information content (AvgIpc) is 2.89. The molecule has 0 aliphatic carbocycles. The molecule has 2 amide bonds. The van der Waals surface area contributed by atoms with Crippen LogP contribution in [0.3, 0.4) is 0 Å². The molecule has 1 N–H and O–H groups in total.